The van der Waals surface area contributed by atoms with Crippen LogP contribution in [0.15, 0.2) is 48.7 Å². The van der Waals surface area contributed by atoms with E-state index in [0.29, 0.717) is 31.5 Å². The first-order valence-electron chi connectivity index (χ1n) is 20.5. The fourth-order valence-electron chi connectivity index (χ4n) is 8.94. The van der Waals surface area contributed by atoms with E-state index >= 15 is 0 Å². The quantitative estimate of drug-likeness (QED) is 0.187. The summed E-state index contributed by atoms with van der Waals surface area (Å²) in [5.41, 5.74) is -0.529. The number of carbonyl (C=O) groups is 2. The summed E-state index contributed by atoms with van der Waals surface area (Å²) in [6.45, 7) is 19.9. The molecule has 1 aromatic carbocycles. The second-order valence-electron chi connectivity index (χ2n) is 17.4. The molecule has 4 fully saturated rings. The molecule has 0 amide bonds. The number of aliphatic hydroxyl groups excluding tert-OH is 1. The number of hydrogen-bond donors (Lipinski definition) is 2. The zero-order valence-corrected chi connectivity index (χ0v) is 35.6. The number of aliphatic hydroxyl groups is 2. The highest BCUT2D eigenvalue weighted by molar-refractivity contribution is 6.00. The van der Waals surface area contributed by atoms with Crippen LogP contribution in [0.1, 0.15) is 80.2 Å². The van der Waals surface area contributed by atoms with Crippen LogP contribution >= 0.6 is 0 Å². The van der Waals surface area contributed by atoms with Crippen LogP contribution in [0.2, 0.25) is 0 Å². The third-order valence-electron chi connectivity index (χ3n) is 12.2. The first-order valence-corrected chi connectivity index (χ1v) is 20.5. The fourth-order valence-corrected chi connectivity index (χ4v) is 8.94. The normalized spacial score (nSPS) is 38.0. The molecule has 2 bridgehead atoms. The van der Waals surface area contributed by atoms with Gasteiger partial charge in [0.25, 0.3) is 0 Å². The van der Waals surface area contributed by atoms with Gasteiger partial charge in [0, 0.05) is 41.7 Å². The number of ether oxygens (including phenoxy) is 5. The lowest BCUT2D eigenvalue weighted by atomic mass is 9.79. The minimum Gasteiger partial charge on any atom is -0.459 e. The summed E-state index contributed by atoms with van der Waals surface area (Å²) in [7, 11) is 3.80. The average molecular weight is 792 g/mol. The van der Waals surface area contributed by atoms with E-state index in [2.05, 4.69) is 35.2 Å². The van der Waals surface area contributed by atoms with Gasteiger partial charge in [-0.2, -0.15) is 0 Å². The predicted molar refractivity (Wildman–Crippen MR) is 218 cm³/mol. The van der Waals surface area contributed by atoms with Gasteiger partial charge in [-0.15, -0.1) is 0 Å². The van der Waals surface area contributed by atoms with Crippen molar-refractivity contribution >= 4 is 22.7 Å². The topological polar surface area (TPSA) is 140 Å². The molecule has 2 aromatic rings. The van der Waals surface area contributed by atoms with Gasteiger partial charge in [0.15, 0.2) is 12.1 Å². The van der Waals surface area contributed by atoms with Gasteiger partial charge in [0.2, 0.25) is 0 Å². The van der Waals surface area contributed by atoms with Gasteiger partial charge < -0.3 is 38.8 Å². The summed E-state index contributed by atoms with van der Waals surface area (Å²) in [6.07, 6.45) is -2.14. The van der Waals surface area contributed by atoms with Gasteiger partial charge in [0.05, 0.1) is 49.2 Å². The molecule has 1 aromatic heterocycles. The van der Waals surface area contributed by atoms with Gasteiger partial charge in [-0.05, 0) is 91.6 Å². The van der Waals surface area contributed by atoms with Crippen LogP contribution in [0.4, 0.5) is 0 Å². The van der Waals surface area contributed by atoms with Crippen molar-refractivity contribution in [3.8, 4) is 11.8 Å². The molecule has 4 aliphatic rings. The Bertz CT molecular complexity index is 1790. The molecule has 0 saturated carbocycles. The third-order valence-corrected chi connectivity index (χ3v) is 12.2. The molecule has 0 unspecified atom stereocenters. The Hall–Kier alpha value is -3.25. The number of benzene rings is 1. The van der Waals surface area contributed by atoms with Crippen LogP contribution in [0.5, 0.6) is 0 Å². The van der Waals surface area contributed by atoms with Crippen LogP contribution in [0.3, 0.4) is 0 Å². The highest BCUT2D eigenvalue weighted by Gasteiger charge is 2.51. The molecule has 12 nitrogen and oxygen atoms in total. The number of pyridine rings is 1. The smallest absolute Gasteiger partial charge is 0.316 e. The number of ketones is 1. The summed E-state index contributed by atoms with van der Waals surface area (Å²) in [5.74, 6) is 3.13. The summed E-state index contributed by atoms with van der Waals surface area (Å²) >= 11 is 0. The Morgan fingerprint density at radius 1 is 1.11 bits per heavy atom. The van der Waals surface area contributed by atoms with Gasteiger partial charge in [-0.1, -0.05) is 57.4 Å². The minimum atomic E-state index is -1.64. The number of esters is 1. The number of para-hydroxylation sites is 1. The van der Waals surface area contributed by atoms with E-state index in [-0.39, 0.29) is 43.7 Å². The Morgan fingerprint density at radius 3 is 2.53 bits per heavy atom. The van der Waals surface area contributed by atoms with Crippen molar-refractivity contribution in [3.05, 3.63) is 54.2 Å². The number of aromatic nitrogens is 1. The van der Waals surface area contributed by atoms with Crippen molar-refractivity contribution in [3.63, 3.8) is 0 Å². The SMILES string of the molecule is C=C1CO[C@H]2[C@@H](C)CN(CC#Cc3cnc4ccccc4c3)[C@H](C)C[C@@](C)(OC1)[C@H](O[C@@H]1O[C@H](C)C[C@H](N(C)C)[C@H]1O)[C@@H](C)C(=O)[C@@H](C)C(=O)O[C@H](CC)[C@@]2(C)O. The summed E-state index contributed by atoms with van der Waals surface area (Å²) in [4.78, 5) is 37.1. The second-order valence-corrected chi connectivity index (χ2v) is 17.4. The number of fused-ring (bicyclic) bond motifs is 16. The number of rotatable bonds is 5. The van der Waals surface area contributed by atoms with E-state index < -0.39 is 65.5 Å². The summed E-state index contributed by atoms with van der Waals surface area (Å²) < 4.78 is 32.5. The van der Waals surface area contributed by atoms with Gasteiger partial charge in [-0.3, -0.25) is 19.5 Å². The van der Waals surface area contributed by atoms with E-state index in [1.165, 1.54) is 6.92 Å². The fraction of sp³-hybridized carbons (Fsp3) is 0.667. The molecule has 0 radical (unpaired) electrons. The number of likely N-dealkylation sites (N-methyl/N-ethyl adjacent to an activating group) is 1. The van der Waals surface area contributed by atoms with Crippen LogP contribution in [0, 0.1) is 29.6 Å². The lowest BCUT2D eigenvalue weighted by Crippen LogP contribution is -2.60. The van der Waals surface area contributed by atoms with E-state index in [0.717, 1.165) is 16.5 Å². The van der Waals surface area contributed by atoms with Crippen LogP contribution in [0.25, 0.3) is 10.9 Å². The highest BCUT2D eigenvalue weighted by atomic mass is 16.7. The Labute approximate surface area is 339 Å². The molecule has 0 spiro atoms. The van der Waals surface area contributed by atoms with E-state index in [1.54, 1.807) is 20.0 Å². The number of nitrogens with zero attached hydrogens (tertiary/aromatic N) is 3. The second kappa shape index (κ2) is 18.8. The van der Waals surface area contributed by atoms with Crippen molar-refractivity contribution in [2.75, 3.05) is 40.4 Å². The van der Waals surface area contributed by atoms with Crippen molar-refractivity contribution in [2.24, 2.45) is 17.8 Å². The zero-order valence-electron chi connectivity index (χ0n) is 35.6. The Balaban J connectivity index is 1.62. The molecule has 57 heavy (non-hydrogen) atoms. The molecule has 0 aliphatic carbocycles. The van der Waals surface area contributed by atoms with Crippen LogP contribution < -0.4 is 0 Å². The maximum absolute atomic E-state index is 14.5. The summed E-state index contributed by atoms with van der Waals surface area (Å²) in [6, 6.07) is 9.45. The number of hydrogen-bond acceptors (Lipinski definition) is 12. The van der Waals surface area contributed by atoms with Crippen molar-refractivity contribution in [2.45, 2.75) is 135 Å². The monoisotopic (exact) mass is 791 g/mol. The molecule has 314 valence electrons. The Morgan fingerprint density at radius 2 is 1.82 bits per heavy atom. The standard InChI is InChI=1S/C45H65N3O9/c1-12-37-45(9,52)40-28(3)24-48(19-15-16-33-21-34-17-13-14-18-35(34)46-23-33)29(4)22-44(8,54-26-27(2)25-53-40)41(31(6)38(49)32(7)42(51)56-37)57-43-39(50)36(47(10)11)20-30(5)55-43/h13-14,17-18,21,23,28-32,36-37,39-41,43,50,52H,2,12,19-20,22,24-26H2,1,3-11H3/t28-,29+,30+,31-,32+,36-,37+,39+,40-,41+,43-,44+,45+/m0/s1. The molecule has 6 rings (SSSR count). The van der Waals surface area contributed by atoms with E-state index in [1.807, 2.05) is 77.0 Å². The van der Waals surface area contributed by atoms with E-state index in [4.69, 9.17) is 23.7 Å². The van der Waals surface area contributed by atoms with Gasteiger partial charge in [0.1, 0.15) is 23.7 Å². The maximum atomic E-state index is 14.5. The minimum absolute atomic E-state index is 0.0645. The summed E-state index contributed by atoms with van der Waals surface area (Å²) in [5, 5.41) is 25.0. The largest absolute Gasteiger partial charge is 0.459 e. The molecular formula is C45H65N3O9. The zero-order chi connectivity index (χ0) is 41.8. The van der Waals surface area contributed by atoms with E-state index in [9.17, 15) is 19.8 Å². The molecule has 12 heteroatoms. The van der Waals surface area contributed by atoms with Crippen molar-refractivity contribution < 1.29 is 43.5 Å². The highest BCUT2D eigenvalue weighted by Crippen LogP contribution is 2.38. The number of carbonyl (C=O) groups excluding carboxylic acids is 2. The third kappa shape index (κ3) is 10.3. The molecule has 5 heterocycles. The predicted octanol–water partition coefficient (Wildman–Crippen LogP) is 4.77. The average Bonchev–Trinajstić information content (AvgIpc) is 3.16. The van der Waals surface area contributed by atoms with Gasteiger partial charge >= 0.3 is 5.97 Å². The van der Waals surface area contributed by atoms with Crippen molar-refractivity contribution in [1.29, 1.82) is 0 Å². The maximum Gasteiger partial charge on any atom is 0.316 e. The lowest BCUT2D eigenvalue weighted by molar-refractivity contribution is -0.297. The lowest BCUT2D eigenvalue weighted by Gasteiger charge is -2.48. The molecule has 4 saturated heterocycles. The molecular weight excluding hydrogens is 727 g/mol. The molecule has 13 atom stereocenters. The molecule has 4 aliphatic heterocycles. The first kappa shape index (κ1) is 44.8. The van der Waals surface area contributed by atoms with Crippen LogP contribution in [-0.4, -0.2) is 137 Å². The Kier molecular flexibility index (Phi) is 14.8. The molecule has 2 N–H and O–H groups in total. The first-order chi connectivity index (χ1) is 26.9. The number of Topliss-reactive ketones (excluding diaryl/α,β-unsaturated/α-hetero) is 1. The van der Waals surface area contributed by atoms with Crippen molar-refractivity contribution in [1.82, 2.24) is 14.8 Å². The van der Waals surface area contributed by atoms with Crippen LogP contribution in [-0.2, 0) is 33.3 Å². The van der Waals surface area contributed by atoms with Gasteiger partial charge in [-0.25, -0.2) is 0 Å².